The van der Waals surface area contributed by atoms with E-state index in [0.29, 0.717) is 13.2 Å². The number of ketones is 1. The Hall–Kier alpha value is -2.23. The highest BCUT2D eigenvalue weighted by Gasteiger charge is 2.48. The average Bonchev–Trinajstić information content (AvgIpc) is 2.63. The summed E-state index contributed by atoms with van der Waals surface area (Å²) >= 11 is 0. The fraction of sp³-hybridized carbons (Fsp3) is 0.318. The molecule has 1 fully saturated rings. The third-order valence-electron chi connectivity index (χ3n) is 4.96. The Bertz CT molecular complexity index is 713. The molecule has 2 aromatic rings. The van der Waals surface area contributed by atoms with E-state index in [1.165, 1.54) is 0 Å². The monoisotopic (exact) mass is 336 g/mol. The van der Waals surface area contributed by atoms with Gasteiger partial charge in [-0.05, 0) is 24.0 Å². The molecule has 1 aliphatic rings. The molecule has 0 saturated heterocycles. The number of ether oxygens (including phenoxy) is 2. The van der Waals surface area contributed by atoms with Gasteiger partial charge in [-0.25, -0.2) is 0 Å². The second-order valence-electron chi connectivity index (χ2n) is 6.53. The standard InChI is InChI=1S/C22H24O3/c1-3-13-25-16-17-9-11-20(12-10-17)22(24-2)14-19(15-22)21(23)18-7-5-4-6-8-18/h3-12,19H,1,13-16H2,2H3. The second kappa shape index (κ2) is 7.77. The molecule has 0 aliphatic heterocycles. The first-order chi connectivity index (χ1) is 12.2. The molecule has 0 radical (unpaired) electrons. The zero-order valence-electron chi connectivity index (χ0n) is 14.6. The smallest absolute Gasteiger partial charge is 0.166 e. The van der Waals surface area contributed by atoms with Crippen molar-refractivity contribution in [2.75, 3.05) is 13.7 Å². The second-order valence-corrected chi connectivity index (χ2v) is 6.53. The van der Waals surface area contributed by atoms with E-state index in [9.17, 15) is 4.79 Å². The number of hydrogen-bond donors (Lipinski definition) is 0. The third-order valence-corrected chi connectivity index (χ3v) is 4.96. The average molecular weight is 336 g/mol. The maximum atomic E-state index is 12.6. The van der Waals surface area contributed by atoms with Crippen LogP contribution in [0.15, 0.2) is 67.3 Å². The summed E-state index contributed by atoms with van der Waals surface area (Å²) in [7, 11) is 1.73. The van der Waals surface area contributed by atoms with E-state index >= 15 is 0 Å². The molecule has 1 saturated carbocycles. The first-order valence-electron chi connectivity index (χ1n) is 8.61. The van der Waals surface area contributed by atoms with Gasteiger partial charge < -0.3 is 9.47 Å². The fourth-order valence-electron chi connectivity index (χ4n) is 3.44. The van der Waals surface area contributed by atoms with Crippen LogP contribution >= 0.6 is 0 Å². The molecular formula is C22H24O3. The normalized spacial score (nSPS) is 22.2. The van der Waals surface area contributed by atoms with Crippen molar-refractivity contribution in [3.05, 3.63) is 83.9 Å². The van der Waals surface area contributed by atoms with Gasteiger partial charge in [-0.3, -0.25) is 4.79 Å². The Kier molecular flexibility index (Phi) is 5.47. The van der Waals surface area contributed by atoms with Crippen LogP contribution in [0.1, 0.15) is 34.3 Å². The Balaban J connectivity index is 1.65. The highest BCUT2D eigenvalue weighted by atomic mass is 16.5. The van der Waals surface area contributed by atoms with E-state index in [-0.39, 0.29) is 17.3 Å². The van der Waals surface area contributed by atoms with E-state index in [4.69, 9.17) is 9.47 Å². The summed E-state index contributed by atoms with van der Waals surface area (Å²) in [6, 6.07) is 17.8. The summed E-state index contributed by atoms with van der Waals surface area (Å²) in [6.45, 7) is 4.76. The number of carbonyl (C=O) groups is 1. The van der Waals surface area contributed by atoms with Gasteiger partial charge in [0.1, 0.15) is 0 Å². The molecule has 0 amide bonds. The first-order valence-corrected chi connectivity index (χ1v) is 8.61. The van der Waals surface area contributed by atoms with Gasteiger partial charge in [0.25, 0.3) is 0 Å². The van der Waals surface area contributed by atoms with Crippen LogP contribution in [0.2, 0.25) is 0 Å². The Morgan fingerprint density at radius 1 is 1.16 bits per heavy atom. The van der Waals surface area contributed by atoms with Crippen molar-refractivity contribution in [2.24, 2.45) is 5.92 Å². The van der Waals surface area contributed by atoms with Gasteiger partial charge in [-0.1, -0.05) is 60.7 Å². The Morgan fingerprint density at radius 2 is 1.84 bits per heavy atom. The van der Waals surface area contributed by atoms with Crippen molar-refractivity contribution in [1.29, 1.82) is 0 Å². The highest BCUT2D eigenvalue weighted by Crippen LogP contribution is 2.49. The number of methoxy groups -OCH3 is 1. The zero-order valence-corrected chi connectivity index (χ0v) is 14.6. The Morgan fingerprint density at radius 3 is 2.44 bits per heavy atom. The number of carbonyl (C=O) groups excluding carboxylic acids is 1. The number of rotatable bonds is 8. The van der Waals surface area contributed by atoms with Gasteiger partial charge in [0.15, 0.2) is 5.78 Å². The molecule has 0 spiro atoms. The highest BCUT2D eigenvalue weighted by molar-refractivity contribution is 5.98. The van der Waals surface area contributed by atoms with Crippen molar-refractivity contribution in [2.45, 2.75) is 25.0 Å². The minimum absolute atomic E-state index is 0.0259. The van der Waals surface area contributed by atoms with Crippen LogP contribution in [-0.4, -0.2) is 19.5 Å². The van der Waals surface area contributed by atoms with Crippen LogP contribution in [0, 0.1) is 5.92 Å². The third kappa shape index (κ3) is 3.73. The number of hydrogen-bond acceptors (Lipinski definition) is 3. The van der Waals surface area contributed by atoms with E-state index in [1.54, 1.807) is 13.2 Å². The number of benzene rings is 2. The summed E-state index contributed by atoms with van der Waals surface area (Å²) in [4.78, 5) is 12.6. The molecule has 3 nitrogen and oxygen atoms in total. The molecular weight excluding hydrogens is 312 g/mol. The molecule has 0 aromatic heterocycles. The lowest BCUT2D eigenvalue weighted by Gasteiger charge is -2.46. The van der Waals surface area contributed by atoms with Crippen molar-refractivity contribution in [3.8, 4) is 0 Å². The van der Waals surface area contributed by atoms with Crippen LogP contribution in [0.4, 0.5) is 0 Å². The molecule has 0 atom stereocenters. The molecule has 130 valence electrons. The van der Waals surface area contributed by atoms with Gasteiger partial charge in [0.05, 0.1) is 18.8 Å². The maximum absolute atomic E-state index is 12.6. The summed E-state index contributed by atoms with van der Waals surface area (Å²) < 4.78 is 11.3. The van der Waals surface area contributed by atoms with Gasteiger partial charge >= 0.3 is 0 Å². The predicted octanol–water partition coefficient (Wildman–Crippen LogP) is 4.52. The summed E-state index contributed by atoms with van der Waals surface area (Å²) in [5, 5.41) is 0. The summed E-state index contributed by atoms with van der Waals surface area (Å²) in [5.41, 5.74) is 2.68. The SMILES string of the molecule is C=CCOCc1ccc(C2(OC)CC(C(=O)c3ccccc3)C2)cc1. The lowest BCUT2D eigenvalue weighted by molar-refractivity contribution is -0.101. The molecule has 1 aliphatic carbocycles. The van der Waals surface area contributed by atoms with Crippen LogP contribution in [0.5, 0.6) is 0 Å². The molecule has 0 bridgehead atoms. The molecule has 3 rings (SSSR count). The topological polar surface area (TPSA) is 35.5 Å². The van der Waals surface area contributed by atoms with Crippen LogP contribution in [0.3, 0.4) is 0 Å². The van der Waals surface area contributed by atoms with Crippen LogP contribution in [-0.2, 0) is 21.7 Å². The molecule has 2 aromatic carbocycles. The summed E-state index contributed by atoms with van der Waals surface area (Å²) in [5.74, 6) is 0.237. The largest absolute Gasteiger partial charge is 0.373 e. The predicted molar refractivity (Wildman–Crippen MR) is 98.5 cm³/mol. The minimum Gasteiger partial charge on any atom is -0.373 e. The van der Waals surface area contributed by atoms with Crippen LogP contribution < -0.4 is 0 Å². The van der Waals surface area contributed by atoms with Crippen molar-refractivity contribution in [3.63, 3.8) is 0 Å². The molecule has 0 unspecified atom stereocenters. The van der Waals surface area contributed by atoms with Gasteiger partial charge in [0, 0.05) is 18.6 Å². The van der Waals surface area contributed by atoms with E-state index in [2.05, 4.69) is 30.8 Å². The lowest BCUT2D eigenvalue weighted by Crippen LogP contribution is -2.46. The van der Waals surface area contributed by atoms with E-state index < -0.39 is 0 Å². The van der Waals surface area contributed by atoms with Gasteiger partial charge in [-0.2, -0.15) is 0 Å². The van der Waals surface area contributed by atoms with Crippen molar-refractivity contribution in [1.82, 2.24) is 0 Å². The maximum Gasteiger partial charge on any atom is 0.166 e. The minimum atomic E-state index is -0.352. The van der Waals surface area contributed by atoms with Crippen LogP contribution in [0.25, 0.3) is 0 Å². The molecule has 0 heterocycles. The van der Waals surface area contributed by atoms with Gasteiger partial charge in [-0.15, -0.1) is 6.58 Å². The first kappa shape index (κ1) is 17.6. The quantitative estimate of drug-likeness (QED) is 0.404. The van der Waals surface area contributed by atoms with Gasteiger partial charge in [0.2, 0.25) is 0 Å². The lowest BCUT2D eigenvalue weighted by atomic mass is 9.64. The fourth-order valence-corrected chi connectivity index (χ4v) is 3.44. The van der Waals surface area contributed by atoms with Crippen molar-refractivity contribution >= 4 is 5.78 Å². The van der Waals surface area contributed by atoms with E-state index in [1.807, 2.05) is 30.3 Å². The number of Topliss-reactive ketones (excluding diaryl/α,β-unsaturated/α-hetero) is 1. The summed E-state index contributed by atoms with van der Waals surface area (Å²) in [6.07, 6.45) is 3.19. The Labute approximate surface area is 149 Å². The molecule has 25 heavy (non-hydrogen) atoms. The zero-order chi connectivity index (χ0) is 17.7. The molecule has 3 heteroatoms. The van der Waals surface area contributed by atoms with E-state index in [0.717, 1.165) is 29.5 Å². The molecule has 0 N–H and O–H groups in total. The van der Waals surface area contributed by atoms with Crippen molar-refractivity contribution < 1.29 is 14.3 Å².